The molecule has 0 bridgehead atoms. The van der Waals surface area contributed by atoms with E-state index >= 15 is 0 Å². The van der Waals surface area contributed by atoms with Gasteiger partial charge in [-0.05, 0) is 26.7 Å². The summed E-state index contributed by atoms with van der Waals surface area (Å²) >= 11 is 5.39. The molecule has 0 spiro atoms. The number of nitrogens with zero attached hydrogens (tertiary/aromatic N) is 2. The van der Waals surface area contributed by atoms with Crippen LogP contribution in [-0.4, -0.2) is 14.6 Å². The minimum absolute atomic E-state index is 0.710. The molecule has 0 atom stereocenters. The van der Waals surface area contributed by atoms with E-state index in [4.69, 9.17) is 12.2 Å². The van der Waals surface area contributed by atoms with Gasteiger partial charge in [0.25, 0.3) is 0 Å². The molecular formula is C11H13N3S. The number of fused-ring (bicyclic) bond motifs is 1. The van der Waals surface area contributed by atoms with Gasteiger partial charge in [0.05, 0.1) is 0 Å². The molecular weight excluding hydrogens is 206 g/mol. The summed E-state index contributed by atoms with van der Waals surface area (Å²) in [5.41, 5.74) is 4.34. The fourth-order valence-corrected chi connectivity index (χ4v) is 2.13. The van der Waals surface area contributed by atoms with Crippen molar-refractivity contribution in [2.45, 2.75) is 32.6 Å². The molecule has 0 saturated heterocycles. The number of H-pyrrole nitrogens is 1. The molecule has 15 heavy (non-hydrogen) atoms. The summed E-state index contributed by atoms with van der Waals surface area (Å²) in [5.74, 6) is 0.710. The van der Waals surface area contributed by atoms with Crippen LogP contribution in [0.15, 0.2) is 6.07 Å². The van der Waals surface area contributed by atoms with Crippen LogP contribution < -0.4 is 0 Å². The average Bonchev–Trinajstić information content (AvgIpc) is 2.97. The van der Waals surface area contributed by atoms with Crippen LogP contribution in [0.2, 0.25) is 0 Å². The van der Waals surface area contributed by atoms with Crippen LogP contribution in [0.4, 0.5) is 0 Å². The second-order valence-corrected chi connectivity index (χ2v) is 4.69. The van der Waals surface area contributed by atoms with E-state index in [1.807, 2.05) is 18.4 Å². The fourth-order valence-electron chi connectivity index (χ4n) is 1.84. The van der Waals surface area contributed by atoms with E-state index in [-0.39, 0.29) is 0 Å². The van der Waals surface area contributed by atoms with Crippen LogP contribution in [-0.2, 0) is 0 Å². The SMILES string of the molecule is Cc1nc2cc(C3CC3)[nH]n2c(=S)c1C. The van der Waals surface area contributed by atoms with Gasteiger partial charge in [-0.15, -0.1) is 0 Å². The molecule has 2 heterocycles. The number of aromatic amines is 1. The predicted molar refractivity (Wildman–Crippen MR) is 61.8 cm³/mol. The van der Waals surface area contributed by atoms with Crippen LogP contribution in [0.5, 0.6) is 0 Å². The number of aryl methyl sites for hydroxylation is 1. The third-order valence-electron chi connectivity index (χ3n) is 3.12. The average molecular weight is 219 g/mol. The molecule has 2 aromatic heterocycles. The highest BCUT2D eigenvalue weighted by molar-refractivity contribution is 7.71. The normalized spacial score (nSPS) is 16.1. The van der Waals surface area contributed by atoms with Gasteiger partial charge in [-0.3, -0.25) is 5.10 Å². The molecule has 4 heteroatoms. The van der Waals surface area contributed by atoms with Crippen LogP contribution >= 0.6 is 12.2 Å². The van der Waals surface area contributed by atoms with Crippen LogP contribution in [0.25, 0.3) is 5.65 Å². The number of hydrogen-bond donors (Lipinski definition) is 1. The minimum atomic E-state index is 0.710. The van der Waals surface area contributed by atoms with Gasteiger partial charge < -0.3 is 0 Å². The number of hydrogen-bond acceptors (Lipinski definition) is 2. The molecule has 78 valence electrons. The standard InChI is InChI=1S/C11H13N3S/c1-6-7(2)12-10-5-9(8-3-4-8)13-14(10)11(6)15/h5,8,13H,3-4H2,1-2H3. The Bertz CT molecular complexity index is 590. The van der Waals surface area contributed by atoms with E-state index in [0.29, 0.717) is 5.92 Å². The van der Waals surface area contributed by atoms with Crippen LogP contribution in [0, 0.1) is 18.5 Å². The quantitative estimate of drug-likeness (QED) is 0.748. The lowest BCUT2D eigenvalue weighted by atomic mass is 10.3. The molecule has 3 nitrogen and oxygen atoms in total. The first kappa shape index (κ1) is 9.09. The van der Waals surface area contributed by atoms with Crippen molar-refractivity contribution in [3.63, 3.8) is 0 Å². The summed E-state index contributed by atoms with van der Waals surface area (Å²) < 4.78 is 2.77. The molecule has 0 aromatic carbocycles. The number of rotatable bonds is 1. The molecule has 1 aliphatic carbocycles. The first-order chi connectivity index (χ1) is 7.16. The summed E-state index contributed by atoms with van der Waals surface area (Å²) in [6.07, 6.45) is 2.58. The van der Waals surface area contributed by atoms with Gasteiger partial charge in [0, 0.05) is 28.9 Å². The Labute approximate surface area is 93.1 Å². The van der Waals surface area contributed by atoms with Crippen LogP contribution in [0.3, 0.4) is 0 Å². The van der Waals surface area contributed by atoms with Crippen molar-refractivity contribution in [3.8, 4) is 0 Å². The lowest BCUT2D eigenvalue weighted by Gasteiger charge is -2.00. The Balaban J connectivity index is 2.34. The summed E-state index contributed by atoms with van der Waals surface area (Å²) in [7, 11) is 0. The molecule has 1 N–H and O–H groups in total. The zero-order chi connectivity index (χ0) is 10.6. The molecule has 0 aliphatic heterocycles. The molecule has 3 rings (SSSR count). The van der Waals surface area contributed by atoms with E-state index in [9.17, 15) is 0 Å². The van der Waals surface area contributed by atoms with E-state index in [2.05, 4.69) is 16.1 Å². The van der Waals surface area contributed by atoms with Crippen molar-refractivity contribution >= 4 is 17.9 Å². The van der Waals surface area contributed by atoms with Crippen molar-refractivity contribution in [1.82, 2.24) is 14.6 Å². The topological polar surface area (TPSA) is 33.1 Å². The highest BCUT2D eigenvalue weighted by Crippen LogP contribution is 2.39. The van der Waals surface area contributed by atoms with E-state index in [1.165, 1.54) is 18.5 Å². The highest BCUT2D eigenvalue weighted by atomic mass is 32.1. The molecule has 1 fully saturated rings. The second kappa shape index (κ2) is 2.92. The molecule has 1 saturated carbocycles. The Morgan fingerprint density at radius 3 is 2.87 bits per heavy atom. The highest BCUT2D eigenvalue weighted by Gasteiger charge is 2.25. The minimum Gasteiger partial charge on any atom is -0.295 e. The van der Waals surface area contributed by atoms with Gasteiger partial charge in [0.2, 0.25) is 0 Å². The number of aromatic nitrogens is 3. The van der Waals surface area contributed by atoms with Gasteiger partial charge in [-0.2, -0.15) is 0 Å². The summed E-state index contributed by atoms with van der Waals surface area (Å²) in [6.45, 7) is 4.03. The van der Waals surface area contributed by atoms with Gasteiger partial charge in [-0.1, -0.05) is 12.2 Å². The van der Waals surface area contributed by atoms with Crippen molar-refractivity contribution in [2.24, 2.45) is 0 Å². The maximum Gasteiger partial charge on any atom is 0.154 e. The third kappa shape index (κ3) is 1.32. The Morgan fingerprint density at radius 2 is 2.20 bits per heavy atom. The van der Waals surface area contributed by atoms with E-state index in [1.54, 1.807) is 0 Å². The second-order valence-electron chi connectivity index (χ2n) is 4.31. The first-order valence-corrected chi connectivity index (χ1v) is 5.66. The lowest BCUT2D eigenvalue weighted by molar-refractivity contribution is 0.857. The van der Waals surface area contributed by atoms with Crippen molar-refractivity contribution < 1.29 is 0 Å². The lowest BCUT2D eigenvalue weighted by Crippen LogP contribution is -1.98. The Morgan fingerprint density at radius 1 is 1.47 bits per heavy atom. The zero-order valence-electron chi connectivity index (χ0n) is 8.87. The van der Waals surface area contributed by atoms with Crippen molar-refractivity contribution in [3.05, 3.63) is 27.7 Å². The maximum atomic E-state index is 5.39. The smallest absolute Gasteiger partial charge is 0.154 e. The monoisotopic (exact) mass is 219 g/mol. The van der Waals surface area contributed by atoms with Gasteiger partial charge in [0.15, 0.2) is 5.65 Å². The zero-order valence-corrected chi connectivity index (χ0v) is 9.69. The molecule has 0 unspecified atom stereocenters. The van der Waals surface area contributed by atoms with Gasteiger partial charge in [0.1, 0.15) is 4.64 Å². The predicted octanol–water partition coefficient (Wildman–Crippen LogP) is 2.89. The summed E-state index contributed by atoms with van der Waals surface area (Å²) in [5, 5.41) is 3.34. The largest absolute Gasteiger partial charge is 0.295 e. The van der Waals surface area contributed by atoms with Gasteiger partial charge in [-0.25, -0.2) is 9.50 Å². The summed E-state index contributed by atoms with van der Waals surface area (Å²) in [6, 6.07) is 2.12. The van der Waals surface area contributed by atoms with E-state index < -0.39 is 0 Å². The molecule has 0 radical (unpaired) electrons. The Hall–Kier alpha value is -1.16. The van der Waals surface area contributed by atoms with Gasteiger partial charge >= 0.3 is 0 Å². The van der Waals surface area contributed by atoms with Crippen molar-refractivity contribution in [1.29, 1.82) is 0 Å². The fraction of sp³-hybridized carbons (Fsp3) is 0.455. The number of nitrogens with one attached hydrogen (secondary N) is 1. The molecule has 0 amide bonds. The first-order valence-electron chi connectivity index (χ1n) is 5.25. The maximum absolute atomic E-state index is 5.39. The van der Waals surface area contributed by atoms with E-state index in [0.717, 1.165) is 21.5 Å². The Kier molecular flexibility index (Phi) is 1.77. The molecule has 1 aliphatic rings. The van der Waals surface area contributed by atoms with Crippen LogP contribution in [0.1, 0.15) is 35.7 Å². The summed E-state index contributed by atoms with van der Waals surface area (Å²) in [4.78, 5) is 4.53. The molecule has 2 aromatic rings. The third-order valence-corrected chi connectivity index (χ3v) is 3.61. The van der Waals surface area contributed by atoms with Crippen molar-refractivity contribution in [2.75, 3.05) is 0 Å².